The Morgan fingerprint density at radius 1 is 1.15 bits per heavy atom. The van der Waals surface area contributed by atoms with Gasteiger partial charge >= 0.3 is 0 Å². The Bertz CT molecular complexity index is 979. The van der Waals surface area contributed by atoms with Crippen LogP contribution in [-0.2, 0) is 0 Å². The van der Waals surface area contributed by atoms with Gasteiger partial charge in [-0.25, -0.2) is 4.68 Å². The van der Waals surface area contributed by atoms with Gasteiger partial charge in [-0.2, -0.15) is 5.10 Å². The van der Waals surface area contributed by atoms with Gasteiger partial charge in [0.05, 0.1) is 16.3 Å². The quantitative estimate of drug-likeness (QED) is 0.526. The zero-order chi connectivity index (χ0) is 19.6. The number of nitrogens with one attached hydrogen (secondary N) is 1. The number of rotatable bonds is 5. The SMILES string of the molecule is CC(C)NC(=O)c1cc(-c2ccc([N+](=O)[O-])cc2)nn1-c1ccc(Cl)cc1. The minimum atomic E-state index is -0.461. The lowest BCUT2D eigenvalue weighted by atomic mass is 10.1. The molecule has 8 heteroatoms. The molecule has 0 aliphatic carbocycles. The zero-order valence-corrected chi connectivity index (χ0v) is 15.5. The lowest BCUT2D eigenvalue weighted by Crippen LogP contribution is -2.31. The Balaban J connectivity index is 2.06. The smallest absolute Gasteiger partial charge is 0.270 e. The van der Waals surface area contributed by atoms with Crippen LogP contribution in [0.3, 0.4) is 0 Å². The summed E-state index contributed by atoms with van der Waals surface area (Å²) in [5.74, 6) is -0.263. The van der Waals surface area contributed by atoms with Crippen LogP contribution in [0.25, 0.3) is 16.9 Å². The minimum absolute atomic E-state index is 0.00587. The molecule has 7 nitrogen and oxygen atoms in total. The van der Waals surface area contributed by atoms with Gasteiger partial charge in [0.1, 0.15) is 5.69 Å². The second-order valence-electron chi connectivity index (χ2n) is 6.24. The molecule has 0 bridgehead atoms. The molecule has 3 aromatic rings. The summed E-state index contributed by atoms with van der Waals surface area (Å²) >= 11 is 5.95. The van der Waals surface area contributed by atoms with Gasteiger partial charge in [0.2, 0.25) is 0 Å². The van der Waals surface area contributed by atoms with Crippen LogP contribution in [0.1, 0.15) is 24.3 Å². The van der Waals surface area contributed by atoms with Gasteiger partial charge in [0, 0.05) is 28.8 Å². The summed E-state index contributed by atoms with van der Waals surface area (Å²) < 4.78 is 1.53. The van der Waals surface area contributed by atoms with Crippen LogP contribution in [0.15, 0.2) is 54.6 Å². The van der Waals surface area contributed by atoms with Crippen molar-refractivity contribution in [2.45, 2.75) is 19.9 Å². The average Bonchev–Trinajstić information content (AvgIpc) is 3.07. The summed E-state index contributed by atoms with van der Waals surface area (Å²) in [6, 6.07) is 14.6. The van der Waals surface area contributed by atoms with E-state index in [-0.39, 0.29) is 17.6 Å². The van der Waals surface area contributed by atoms with E-state index in [1.165, 1.54) is 16.8 Å². The highest BCUT2D eigenvalue weighted by Crippen LogP contribution is 2.24. The number of nitrogens with zero attached hydrogens (tertiary/aromatic N) is 3. The third-order valence-corrected chi connectivity index (χ3v) is 4.06. The van der Waals surface area contributed by atoms with E-state index in [2.05, 4.69) is 10.4 Å². The number of nitro groups is 1. The first-order valence-corrected chi connectivity index (χ1v) is 8.64. The fraction of sp³-hybridized carbons (Fsp3) is 0.158. The number of non-ortho nitro benzene ring substituents is 1. The standard InChI is InChI=1S/C19H17ClN4O3/c1-12(2)21-19(25)18-11-17(13-3-7-16(8-4-13)24(26)27)22-23(18)15-9-5-14(20)6-10-15/h3-12H,1-2H3,(H,21,25). The number of hydrogen-bond donors (Lipinski definition) is 1. The normalized spacial score (nSPS) is 10.8. The molecule has 0 radical (unpaired) electrons. The molecule has 0 atom stereocenters. The molecule has 0 saturated heterocycles. The Morgan fingerprint density at radius 2 is 1.78 bits per heavy atom. The number of benzene rings is 2. The molecule has 0 spiro atoms. The van der Waals surface area contributed by atoms with Gasteiger partial charge in [-0.3, -0.25) is 14.9 Å². The van der Waals surface area contributed by atoms with Gasteiger partial charge in [-0.05, 0) is 56.3 Å². The van der Waals surface area contributed by atoms with E-state index in [1.807, 2.05) is 13.8 Å². The topological polar surface area (TPSA) is 90.1 Å². The van der Waals surface area contributed by atoms with Crippen molar-refractivity contribution in [1.29, 1.82) is 0 Å². The molecule has 0 aliphatic rings. The summed E-state index contributed by atoms with van der Waals surface area (Å²) in [6.45, 7) is 3.75. The Hall–Kier alpha value is -3.19. The van der Waals surface area contributed by atoms with E-state index in [0.29, 0.717) is 27.7 Å². The Labute approximate surface area is 160 Å². The first kappa shape index (κ1) is 18.6. The first-order chi connectivity index (χ1) is 12.8. The summed E-state index contributed by atoms with van der Waals surface area (Å²) in [6.07, 6.45) is 0. The maximum absolute atomic E-state index is 12.6. The molecule has 1 N–H and O–H groups in total. The third kappa shape index (κ3) is 4.15. The number of amides is 1. The molecule has 27 heavy (non-hydrogen) atoms. The maximum Gasteiger partial charge on any atom is 0.270 e. The molecule has 0 saturated carbocycles. The predicted octanol–water partition coefficient (Wildman–Crippen LogP) is 4.24. The van der Waals surface area contributed by atoms with Crippen molar-refractivity contribution < 1.29 is 9.72 Å². The average molecular weight is 385 g/mol. The summed E-state index contributed by atoms with van der Waals surface area (Å²) in [4.78, 5) is 23.0. The fourth-order valence-electron chi connectivity index (χ4n) is 2.55. The predicted molar refractivity (Wildman–Crippen MR) is 103 cm³/mol. The van der Waals surface area contributed by atoms with Crippen molar-refractivity contribution in [3.63, 3.8) is 0 Å². The number of hydrogen-bond acceptors (Lipinski definition) is 4. The van der Waals surface area contributed by atoms with E-state index in [0.717, 1.165) is 0 Å². The van der Waals surface area contributed by atoms with Gasteiger partial charge in [-0.15, -0.1) is 0 Å². The lowest BCUT2D eigenvalue weighted by molar-refractivity contribution is -0.384. The van der Waals surface area contributed by atoms with Crippen molar-refractivity contribution in [3.8, 4) is 16.9 Å². The Morgan fingerprint density at radius 3 is 2.33 bits per heavy atom. The number of nitro benzene ring substituents is 1. The van der Waals surface area contributed by atoms with Crippen molar-refractivity contribution in [2.75, 3.05) is 0 Å². The van der Waals surface area contributed by atoms with Gasteiger partial charge in [0.25, 0.3) is 11.6 Å². The van der Waals surface area contributed by atoms with Crippen LogP contribution in [0, 0.1) is 10.1 Å². The number of carbonyl (C=O) groups is 1. The molecule has 2 aromatic carbocycles. The summed E-state index contributed by atoms with van der Waals surface area (Å²) in [5, 5.41) is 18.8. The van der Waals surface area contributed by atoms with Crippen LogP contribution in [0.5, 0.6) is 0 Å². The number of aromatic nitrogens is 2. The van der Waals surface area contributed by atoms with E-state index in [4.69, 9.17) is 11.6 Å². The molecular formula is C19H17ClN4O3. The van der Waals surface area contributed by atoms with E-state index in [1.54, 1.807) is 42.5 Å². The van der Waals surface area contributed by atoms with Crippen molar-refractivity contribution >= 4 is 23.2 Å². The second kappa shape index (κ2) is 7.59. The fourth-order valence-corrected chi connectivity index (χ4v) is 2.68. The van der Waals surface area contributed by atoms with Gasteiger partial charge in [0.15, 0.2) is 0 Å². The van der Waals surface area contributed by atoms with Crippen LogP contribution < -0.4 is 5.32 Å². The van der Waals surface area contributed by atoms with E-state index >= 15 is 0 Å². The highest BCUT2D eigenvalue weighted by molar-refractivity contribution is 6.30. The highest BCUT2D eigenvalue weighted by Gasteiger charge is 2.18. The summed E-state index contributed by atoms with van der Waals surface area (Å²) in [7, 11) is 0. The second-order valence-corrected chi connectivity index (χ2v) is 6.67. The van der Waals surface area contributed by atoms with Crippen LogP contribution in [-0.4, -0.2) is 26.7 Å². The molecule has 1 heterocycles. The molecular weight excluding hydrogens is 368 g/mol. The molecule has 3 rings (SSSR count). The summed E-state index contributed by atoms with van der Waals surface area (Å²) in [5.41, 5.74) is 2.25. The van der Waals surface area contributed by atoms with Crippen molar-refractivity contribution in [1.82, 2.24) is 15.1 Å². The number of halogens is 1. The molecule has 0 unspecified atom stereocenters. The van der Waals surface area contributed by atoms with E-state index in [9.17, 15) is 14.9 Å². The van der Waals surface area contributed by atoms with Crippen molar-refractivity contribution in [2.24, 2.45) is 0 Å². The molecule has 138 valence electrons. The molecule has 1 amide bonds. The van der Waals surface area contributed by atoms with Crippen molar-refractivity contribution in [3.05, 3.63) is 75.4 Å². The van der Waals surface area contributed by atoms with Gasteiger partial charge < -0.3 is 5.32 Å². The van der Waals surface area contributed by atoms with Crippen LogP contribution >= 0.6 is 11.6 Å². The van der Waals surface area contributed by atoms with E-state index < -0.39 is 4.92 Å². The largest absolute Gasteiger partial charge is 0.349 e. The maximum atomic E-state index is 12.6. The Kier molecular flexibility index (Phi) is 5.23. The van der Waals surface area contributed by atoms with Crippen LogP contribution in [0.2, 0.25) is 5.02 Å². The first-order valence-electron chi connectivity index (χ1n) is 8.27. The number of carbonyl (C=O) groups excluding carboxylic acids is 1. The lowest BCUT2D eigenvalue weighted by Gasteiger charge is -2.10. The minimum Gasteiger partial charge on any atom is -0.349 e. The monoisotopic (exact) mass is 384 g/mol. The van der Waals surface area contributed by atoms with Gasteiger partial charge in [-0.1, -0.05) is 11.6 Å². The molecule has 0 aliphatic heterocycles. The molecule has 0 fully saturated rings. The third-order valence-electron chi connectivity index (χ3n) is 3.81. The molecule has 1 aromatic heterocycles. The highest BCUT2D eigenvalue weighted by atomic mass is 35.5. The van der Waals surface area contributed by atoms with Crippen LogP contribution in [0.4, 0.5) is 5.69 Å². The zero-order valence-electron chi connectivity index (χ0n) is 14.7.